The average Bonchev–Trinajstić information content (AvgIpc) is 2.36. The molecule has 1 aromatic carbocycles. The second kappa shape index (κ2) is 5.55. The van der Waals surface area contributed by atoms with Crippen LogP contribution in [0.15, 0.2) is 39.8 Å². The molecule has 0 saturated heterocycles. The number of pyridine rings is 1. The number of aromatic nitrogens is 1. The fourth-order valence-corrected chi connectivity index (χ4v) is 3.11. The van der Waals surface area contributed by atoms with E-state index in [2.05, 4.69) is 25.6 Å². The van der Waals surface area contributed by atoms with Gasteiger partial charge in [-0.3, -0.25) is 4.72 Å². The summed E-state index contributed by atoms with van der Waals surface area (Å²) in [7, 11) is -3.94. The van der Waals surface area contributed by atoms with Gasteiger partial charge in [-0.05, 0) is 40.2 Å². The summed E-state index contributed by atoms with van der Waals surface area (Å²) in [5.41, 5.74) is 5.48. The Morgan fingerprint density at radius 1 is 1.35 bits per heavy atom. The van der Waals surface area contributed by atoms with E-state index >= 15 is 0 Å². The maximum absolute atomic E-state index is 13.1. The van der Waals surface area contributed by atoms with Crippen LogP contribution in [-0.4, -0.2) is 13.4 Å². The van der Waals surface area contributed by atoms with Crippen LogP contribution < -0.4 is 10.5 Å². The average molecular weight is 381 g/mol. The van der Waals surface area contributed by atoms with Crippen LogP contribution in [0, 0.1) is 5.82 Å². The zero-order valence-corrected chi connectivity index (χ0v) is 12.9. The number of anilines is 2. The molecule has 1 heterocycles. The Balaban J connectivity index is 2.40. The van der Waals surface area contributed by atoms with Gasteiger partial charge in [0.1, 0.15) is 16.5 Å². The Labute approximate surface area is 128 Å². The summed E-state index contributed by atoms with van der Waals surface area (Å²) in [5.74, 6) is -0.545. The fraction of sp³-hybridized carbons (Fsp3) is 0. The van der Waals surface area contributed by atoms with Crippen LogP contribution in [0.1, 0.15) is 0 Å². The van der Waals surface area contributed by atoms with Crippen LogP contribution in [-0.2, 0) is 10.0 Å². The number of nitrogen functional groups attached to an aromatic ring is 1. The van der Waals surface area contributed by atoms with Crippen LogP contribution in [0.4, 0.5) is 15.9 Å². The number of benzene rings is 1. The maximum atomic E-state index is 13.1. The van der Waals surface area contributed by atoms with Crippen molar-refractivity contribution < 1.29 is 12.8 Å². The summed E-state index contributed by atoms with van der Waals surface area (Å²) in [6.07, 6.45) is 1.07. The van der Waals surface area contributed by atoms with E-state index in [1.807, 2.05) is 0 Å². The van der Waals surface area contributed by atoms with Crippen LogP contribution in [0.3, 0.4) is 0 Å². The molecule has 9 heteroatoms. The summed E-state index contributed by atoms with van der Waals surface area (Å²) >= 11 is 8.86. The van der Waals surface area contributed by atoms with Crippen molar-refractivity contribution >= 4 is 49.1 Å². The van der Waals surface area contributed by atoms with Crippen LogP contribution in [0.2, 0.25) is 5.02 Å². The molecule has 0 fully saturated rings. The summed E-state index contributed by atoms with van der Waals surface area (Å²) in [6, 6.07) is 4.80. The van der Waals surface area contributed by atoms with Crippen molar-refractivity contribution in [1.29, 1.82) is 0 Å². The number of nitrogens with zero attached hydrogens (tertiary/aromatic N) is 1. The third-order valence-electron chi connectivity index (χ3n) is 2.33. The first kappa shape index (κ1) is 15.0. The van der Waals surface area contributed by atoms with Crippen molar-refractivity contribution in [2.24, 2.45) is 0 Å². The Morgan fingerprint density at radius 2 is 2.05 bits per heavy atom. The van der Waals surface area contributed by atoms with E-state index < -0.39 is 15.8 Å². The normalized spacial score (nSPS) is 11.3. The standard InChI is InChI=1S/C11H8BrClFN3O2S/c12-8-2-1-6(14)3-10(8)17-20(18,19)7-4-9(13)11(15)16-5-7/h1-5,17H,(H2,15,16). The van der Waals surface area contributed by atoms with E-state index in [1.54, 1.807) is 0 Å². The van der Waals surface area contributed by atoms with Crippen molar-refractivity contribution in [2.45, 2.75) is 4.90 Å². The molecule has 2 rings (SSSR count). The minimum atomic E-state index is -3.94. The largest absolute Gasteiger partial charge is 0.382 e. The van der Waals surface area contributed by atoms with Gasteiger partial charge in [-0.1, -0.05) is 11.6 Å². The first-order chi connectivity index (χ1) is 9.29. The van der Waals surface area contributed by atoms with Gasteiger partial charge in [0.2, 0.25) is 0 Å². The van der Waals surface area contributed by atoms with Gasteiger partial charge in [-0.25, -0.2) is 17.8 Å². The second-order valence-corrected chi connectivity index (χ2v) is 6.71. The van der Waals surface area contributed by atoms with Gasteiger partial charge in [-0.15, -0.1) is 0 Å². The van der Waals surface area contributed by atoms with Crippen LogP contribution >= 0.6 is 27.5 Å². The summed E-state index contributed by atoms with van der Waals surface area (Å²) in [4.78, 5) is 3.49. The molecule has 0 unspecified atom stereocenters. The van der Waals surface area contributed by atoms with Gasteiger partial charge in [0, 0.05) is 10.7 Å². The summed E-state index contributed by atoms with van der Waals surface area (Å²) in [6.45, 7) is 0. The molecule has 2 aromatic rings. The van der Waals surface area contributed by atoms with Crippen molar-refractivity contribution in [2.75, 3.05) is 10.5 Å². The molecule has 5 nitrogen and oxygen atoms in total. The molecule has 3 N–H and O–H groups in total. The SMILES string of the molecule is Nc1ncc(S(=O)(=O)Nc2cc(F)ccc2Br)cc1Cl. The molecular formula is C11H8BrClFN3O2S. The van der Waals surface area contributed by atoms with E-state index in [9.17, 15) is 12.8 Å². The number of sulfonamides is 1. The number of hydrogen-bond acceptors (Lipinski definition) is 4. The topological polar surface area (TPSA) is 85.1 Å². The van der Waals surface area contributed by atoms with Crippen LogP contribution in [0.25, 0.3) is 0 Å². The molecule has 0 radical (unpaired) electrons. The zero-order valence-electron chi connectivity index (χ0n) is 9.77. The van der Waals surface area contributed by atoms with Gasteiger partial charge in [-0.2, -0.15) is 0 Å². The smallest absolute Gasteiger partial charge is 0.263 e. The fourth-order valence-electron chi connectivity index (χ4n) is 1.36. The molecule has 0 aliphatic heterocycles. The van der Waals surface area contributed by atoms with Gasteiger partial charge in [0.05, 0.1) is 10.7 Å². The van der Waals surface area contributed by atoms with E-state index in [4.69, 9.17) is 17.3 Å². The first-order valence-electron chi connectivity index (χ1n) is 5.18. The lowest BCUT2D eigenvalue weighted by Crippen LogP contribution is -2.14. The van der Waals surface area contributed by atoms with Crippen molar-refractivity contribution in [1.82, 2.24) is 4.98 Å². The molecule has 0 bridgehead atoms. The molecule has 106 valence electrons. The predicted molar refractivity (Wildman–Crippen MR) is 78.6 cm³/mol. The maximum Gasteiger partial charge on any atom is 0.263 e. The lowest BCUT2D eigenvalue weighted by atomic mass is 10.3. The minimum absolute atomic E-state index is 0.0196. The number of rotatable bonds is 3. The zero-order chi connectivity index (χ0) is 14.9. The van der Waals surface area contributed by atoms with Crippen LogP contribution in [0.5, 0.6) is 0 Å². The third kappa shape index (κ3) is 3.20. The quantitative estimate of drug-likeness (QED) is 0.857. The lowest BCUT2D eigenvalue weighted by Gasteiger charge is -2.10. The Kier molecular flexibility index (Phi) is 4.17. The molecular weight excluding hydrogens is 373 g/mol. The number of nitrogens with one attached hydrogen (secondary N) is 1. The van der Waals surface area contributed by atoms with Gasteiger partial charge in [0.25, 0.3) is 10.0 Å². The molecule has 0 amide bonds. The number of halogens is 3. The number of nitrogens with two attached hydrogens (primary N) is 1. The lowest BCUT2D eigenvalue weighted by molar-refractivity contribution is 0.600. The molecule has 0 saturated carbocycles. The molecule has 0 aliphatic rings. The molecule has 0 aliphatic carbocycles. The van der Waals surface area contributed by atoms with Crippen molar-refractivity contribution in [3.05, 3.63) is 45.8 Å². The molecule has 1 aromatic heterocycles. The van der Waals surface area contributed by atoms with E-state index in [0.29, 0.717) is 4.47 Å². The van der Waals surface area contributed by atoms with E-state index in [-0.39, 0.29) is 21.4 Å². The predicted octanol–water partition coefficient (Wildman–Crippen LogP) is 3.02. The van der Waals surface area contributed by atoms with Crippen molar-refractivity contribution in [3.63, 3.8) is 0 Å². The molecule has 0 spiro atoms. The highest BCUT2D eigenvalue weighted by Gasteiger charge is 2.18. The first-order valence-corrected chi connectivity index (χ1v) is 7.84. The second-order valence-electron chi connectivity index (χ2n) is 3.77. The number of hydrogen-bond donors (Lipinski definition) is 2. The van der Waals surface area contributed by atoms with Crippen molar-refractivity contribution in [3.8, 4) is 0 Å². The summed E-state index contributed by atoms with van der Waals surface area (Å²) < 4.78 is 40.0. The Hall–Kier alpha value is -1.38. The Morgan fingerprint density at radius 3 is 2.70 bits per heavy atom. The highest BCUT2D eigenvalue weighted by molar-refractivity contribution is 9.10. The van der Waals surface area contributed by atoms with E-state index in [0.717, 1.165) is 12.3 Å². The summed E-state index contributed by atoms with van der Waals surface area (Å²) in [5, 5.41) is 0.0196. The Bertz CT molecular complexity index is 770. The highest BCUT2D eigenvalue weighted by atomic mass is 79.9. The van der Waals surface area contributed by atoms with E-state index in [1.165, 1.54) is 18.2 Å². The monoisotopic (exact) mass is 379 g/mol. The van der Waals surface area contributed by atoms with Gasteiger partial charge >= 0.3 is 0 Å². The highest BCUT2D eigenvalue weighted by Crippen LogP contribution is 2.27. The van der Waals surface area contributed by atoms with Gasteiger partial charge < -0.3 is 5.73 Å². The molecule has 0 atom stereocenters. The molecule has 20 heavy (non-hydrogen) atoms. The third-order valence-corrected chi connectivity index (χ3v) is 4.65. The van der Waals surface area contributed by atoms with Gasteiger partial charge in [0.15, 0.2) is 0 Å². The minimum Gasteiger partial charge on any atom is -0.382 e.